The highest BCUT2D eigenvalue weighted by molar-refractivity contribution is 6.35. The van der Waals surface area contributed by atoms with E-state index in [4.69, 9.17) is 27.9 Å². The number of hydrogen-bond acceptors (Lipinski definition) is 3. The summed E-state index contributed by atoms with van der Waals surface area (Å²) in [4.78, 5) is 12.1. The monoisotopic (exact) mass is 375 g/mol. The third kappa shape index (κ3) is 5.25. The molecule has 1 atom stereocenters. The fraction of sp³-hybridized carbons (Fsp3) is 0.188. The Morgan fingerprint density at radius 3 is 2.33 bits per heavy atom. The average Bonchev–Trinajstić information content (AvgIpc) is 2.51. The van der Waals surface area contributed by atoms with Crippen LogP contribution in [0.5, 0.6) is 11.5 Å². The van der Waals surface area contributed by atoms with E-state index in [1.807, 2.05) is 0 Å². The number of amides is 1. The molecule has 2 aromatic rings. The number of carbonyl (C=O) groups is 1. The Labute approximate surface area is 147 Å². The summed E-state index contributed by atoms with van der Waals surface area (Å²) >= 11 is 11.8. The summed E-state index contributed by atoms with van der Waals surface area (Å²) in [6, 6.07) is 10.2. The van der Waals surface area contributed by atoms with E-state index in [1.165, 1.54) is 30.3 Å². The molecule has 1 amide bonds. The molecule has 0 aliphatic heterocycles. The first-order valence-corrected chi connectivity index (χ1v) is 7.58. The summed E-state index contributed by atoms with van der Waals surface area (Å²) in [5.74, 6) is -0.104. The van der Waals surface area contributed by atoms with Crippen LogP contribution in [0.1, 0.15) is 6.92 Å². The zero-order valence-corrected chi connectivity index (χ0v) is 13.9. The van der Waals surface area contributed by atoms with Gasteiger partial charge in [-0.05, 0) is 49.4 Å². The van der Waals surface area contributed by atoms with Gasteiger partial charge in [0.05, 0.1) is 5.02 Å². The van der Waals surface area contributed by atoms with E-state index in [9.17, 15) is 13.6 Å². The van der Waals surface area contributed by atoms with Crippen molar-refractivity contribution in [1.29, 1.82) is 0 Å². The van der Waals surface area contributed by atoms with Gasteiger partial charge in [0.1, 0.15) is 11.5 Å². The van der Waals surface area contributed by atoms with Gasteiger partial charge in [0, 0.05) is 10.7 Å². The van der Waals surface area contributed by atoms with Crippen LogP contribution < -0.4 is 14.8 Å². The lowest BCUT2D eigenvalue weighted by atomic mass is 10.2. The van der Waals surface area contributed by atoms with Crippen LogP contribution in [0, 0.1) is 0 Å². The van der Waals surface area contributed by atoms with Crippen LogP contribution in [0.2, 0.25) is 10.0 Å². The zero-order valence-electron chi connectivity index (χ0n) is 12.4. The largest absolute Gasteiger partial charge is 0.479 e. The Bertz CT molecular complexity index is 711. The first-order valence-electron chi connectivity index (χ1n) is 6.82. The topological polar surface area (TPSA) is 47.6 Å². The van der Waals surface area contributed by atoms with Gasteiger partial charge in [-0.2, -0.15) is 8.78 Å². The average molecular weight is 376 g/mol. The Hall–Kier alpha value is -2.05. The van der Waals surface area contributed by atoms with Gasteiger partial charge in [0.25, 0.3) is 5.91 Å². The number of halogens is 4. The fourth-order valence-corrected chi connectivity index (χ4v) is 2.23. The maximum atomic E-state index is 12.1. The lowest BCUT2D eigenvalue weighted by molar-refractivity contribution is -0.122. The lowest BCUT2D eigenvalue weighted by Crippen LogP contribution is -2.30. The van der Waals surface area contributed by atoms with Crippen molar-refractivity contribution in [1.82, 2.24) is 0 Å². The molecule has 8 heteroatoms. The molecule has 24 heavy (non-hydrogen) atoms. The molecule has 128 valence electrons. The Morgan fingerprint density at radius 1 is 1.08 bits per heavy atom. The molecule has 0 fully saturated rings. The van der Waals surface area contributed by atoms with Gasteiger partial charge in [-0.25, -0.2) is 0 Å². The van der Waals surface area contributed by atoms with Crippen LogP contribution in [-0.2, 0) is 4.79 Å². The second-order valence-electron chi connectivity index (χ2n) is 4.73. The molecule has 2 rings (SSSR count). The summed E-state index contributed by atoms with van der Waals surface area (Å²) in [7, 11) is 0. The molecule has 2 aromatic carbocycles. The van der Waals surface area contributed by atoms with Crippen molar-refractivity contribution in [2.24, 2.45) is 0 Å². The minimum Gasteiger partial charge on any atom is -0.479 e. The third-order valence-corrected chi connectivity index (χ3v) is 3.44. The smallest absolute Gasteiger partial charge is 0.387 e. The number of ether oxygens (including phenoxy) is 2. The van der Waals surface area contributed by atoms with E-state index >= 15 is 0 Å². The van der Waals surface area contributed by atoms with Gasteiger partial charge in [-0.3, -0.25) is 4.79 Å². The van der Waals surface area contributed by atoms with Crippen molar-refractivity contribution in [3.8, 4) is 11.5 Å². The second-order valence-corrected chi connectivity index (χ2v) is 5.57. The standard InChI is InChI=1S/C16H13Cl2F2NO3/c1-9(23-14-7-2-10(17)8-13(14)18)15(22)21-11-3-5-12(6-4-11)24-16(19)20/h2-9,16H,1H3,(H,21,22)/t9-/m1/s1. The number of benzene rings is 2. The molecular weight excluding hydrogens is 363 g/mol. The summed E-state index contributed by atoms with van der Waals surface area (Å²) < 4.78 is 33.9. The highest BCUT2D eigenvalue weighted by atomic mass is 35.5. The van der Waals surface area contributed by atoms with E-state index in [-0.39, 0.29) is 10.8 Å². The fourth-order valence-electron chi connectivity index (χ4n) is 1.78. The number of anilines is 1. The number of alkyl halides is 2. The molecule has 0 spiro atoms. The van der Waals surface area contributed by atoms with E-state index in [0.717, 1.165) is 0 Å². The highest BCUT2D eigenvalue weighted by Crippen LogP contribution is 2.28. The maximum absolute atomic E-state index is 12.1. The number of hydrogen-bond donors (Lipinski definition) is 1. The van der Waals surface area contributed by atoms with Crippen molar-refractivity contribution in [2.45, 2.75) is 19.6 Å². The normalized spacial score (nSPS) is 11.9. The van der Waals surface area contributed by atoms with Crippen molar-refractivity contribution in [3.63, 3.8) is 0 Å². The third-order valence-electron chi connectivity index (χ3n) is 2.91. The minimum absolute atomic E-state index is 0.000225. The van der Waals surface area contributed by atoms with Gasteiger partial charge in [0.15, 0.2) is 6.10 Å². The predicted molar refractivity (Wildman–Crippen MR) is 88.3 cm³/mol. The number of rotatable bonds is 6. The van der Waals surface area contributed by atoms with Crippen molar-refractivity contribution < 1.29 is 23.0 Å². The molecular formula is C16H13Cl2F2NO3. The molecule has 0 radical (unpaired) electrons. The van der Waals surface area contributed by atoms with E-state index in [0.29, 0.717) is 16.5 Å². The molecule has 0 heterocycles. The second kappa shape index (κ2) is 8.17. The molecule has 1 N–H and O–H groups in total. The van der Waals surface area contributed by atoms with Crippen molar-refractivity contribution in [2.75, 3.05) is 5.32 Å². The van der Waals surface area contributed by atoms with Crippen LogP contribution in [0.25, 0.3) is 0 Å². The SMILES string of the molecule is C[C@@H](Oc1ccc(Cl)cc1Cl)C(=O)Nc1ccc(OC(F)F)cc1. The van der Waals surface area contributed by atoms with Gasteiger partial charge in [-0.15, -0.1) is 0 Å². The summed E-state index contributed by atoms with van der Waals surface area (Å²) in [6.45, 7) is -1.35. The number of nitrogens with one attached hydrogen (secondary N) is 1. The molecule has 0 aliphatic carbocycles. The first-order chi connectivity index (χ1) is 11.3. The molecule has 0 unspecified atom stereocenters. The van der Waals surface area contributed by atoms with Crippen LogP contribution >= 0.6 is 23.2 Å². The zero-order chi connectivity index (χ0) is 17.7. The van der Waals surface area contributed by atoms with Gasteiger partial charge in [-0.1, -0.05) is 23.2 Å². The van der Waals surface area contributed by atoms with Crippen molar-refractivity contribution in [3.05, 3.63) is 52.5 Å². The maximum Gasteiger partial charge on any atom is 0.387 e. The van der Waals surface area contributed by atoms with Crippen molar-refractivity contribution >= 4 is 34.8 Å². The van der Waals surface area contributed by atoms with Crippen LogP contribution in [0.3, 0.4) is 0 Å². The summed E-state index contributed by atoms with van der Waals surface area (Å²) in [6.07, 6.45) is -0.833. The number of carbonyl (C=O) groups excluding carboxylic acids is 1. The molecule has 4 nitrogen and oxygen atoms in total. The molecule has 0 aromatic heterocycles. The summed E-state index contributed by atoms with van der Waals surface area (Å²) in [5.41, 5.74) is 0.416. The molecule has 0 saturated carbocycles. The van der Waals surface area contributed by atoms with Crippen LogP contribution in [0.4, 0.5) is 14.5 Å². The van der Waals surface area contributed by atoms with Crippen LogP contribution in [-0.4, -0.2) is 18.6 Å². The first kappa shape index (κ1) is 18.3. The van der Waals surface area contributed by atoms with Crippen LogP contribution in [0.15, 0.2) is 42.5 Å². The Balaban J connectivity index is 1.96. The van der Waals surface area contributed by atoms with Gasteiger partial charge in [0.2, 0.25) is 0 Å². The highest BCUT2D eigenvalue weighted by Gasteiger charge is 2.16. The van der Waals surface area contributed by atoms with Gasteiger partial charge >= 0.3 is 6.61 Å². The lowest BCUT2D eigenvalue weighted by Gasteiger charge is -2.16. The van der Waals surface area contributed by atoms with E-state index in [1.54, 1.807) is 19.1 Å². The van der Waals surface area contributed by atoms with E-state index in [2.05, 4.69) is 10.1 Å². The molecule has 0 saturated heterocycles. The van der Waals surface area contributed by atoms with Gasteiger partial charge < -0.3 is 14.8 Å². The molecule has 0 aliphatic rings. The van der Waals surface area contributed by atoms with E-state index < -0.39 is 18.6 Å². The Kier molecular flexibility index (Phi) is 6.23. The Morgan fingerprint density at radius 2 is 1.75 bits per heavy atom. The molecule has 0 bridgehead atoms. The predicted octanol–water partition coefficient (Wildman–Crippen LogP) is 5.00. The summed E-state index contributed by atoms with van der Waals surface area (Å²) in [5, 5.41) is 3.34. The minimum atomic E-state index is -2.90. The quantitative estimate of drug-likeness (QED) is 0.772.